The maximum atomic E-state index is 12.8. The summed E-state index contributed by atoms with van der Waals surface area (Å²) in [6, 6.07) is 4.29. The van der Waals surface area contributed by atoms with E-state index in [4.69, 9.17) is 4.74 Å². The van der Waals surface area contributed by atoms with Gasteiger partial charge in [0.25, 0.3) is 0 Å². The molecule has 0 radical (unpaired) electrons. The number of ether oxygens (including phenoxy) is 1. The van der Waals surface area contributed by atoms with Gasteiger partial charge in [-0.1, -0.05) is 51.5 Å². The summed E-state index contributed by atoms with van der Waals surface area (Å²) in [4.78, 5) is 19.4. The number of esters is 1. The average molecular weight is 491 g/mol. The van der Waals surface area contributed by atoms with E-state index in [0.29, 0.717) is 0 Å². The van der Waals surface area contributed by atoms with Gasteiger partial charge in [0.1, 0.15) is 12.1 Å². The summed E-state index contributed by atoms with van der Waals surface area (Å²) in [6.45, 7) is 10.1. The van der Waals surface area contributed by atoms with Gasteiger partial charge >= 0.3 is 5.97 Å². The molecule has 6 unspecified atom stereocenters. The van der Waals surface area contributed by atoms with E-state index in [1.54, 1.807) is 5.57 Å². The van der Waals surface area contributed by atoms with Gasteiger partial charge in [0.15, 0.2) is 0 Å². The largest absolute Gasteiger partial charge is 0.461 e. The van der Waals surface area contributed by atoms with Crippen molar-refractivity contribution in [3.63, 3.8) is 0 Å². The van der Waals surface area contributed by atoms with Gasteiger partial charge in [-0.3, -0.25) is 14.7 Å². The summed E-state index contributed by atoms with van der Waals surface area (Å²) in [5.74, 6) is 2.25. The van der Waals surface area contributed by atoms with Crippen molar-refractivity contribution in [3.05, 3.63) is 47.8 Å². The van der Waals surface area contributed by atoms with E-state index in [0.717, 1.165) is 56.4 Å². The number of likely N-dealkylation sites (tertiary alicyclic amines) is 1. The number of hydrogen-bond donors (Lipinski definition) is 0. The Hall–Kier alpha value is -1.94. The first-order valence-corrected chi connectivity index (χ1v) is 14.6. The van der Waals surface area contributed by atoms with Crippen LogP contribution in [0.1, 0.15) is 91.0 Å². The van der Waals surface area contributed by atoms with Crippen LogP contribution in [-0.4, -0.2) is 41.6 Å². The number of likely N-dealkylation sites (N-methyl/N-ethyl adjacent to an activating group) is 1. The number of fused-ring (bicyclic) bond motifs is 5. The number of pyridine rings is 1. The quantitative estimate of drug-likeness (QED) is 0.336. The maximum absolute atomic E-state index is 12.8. The Balaban J connectivity index is 0.00000130. The zero-order chi connectivity index (χ0) is 25.5. The predicted molar refractivity (Wildman–Crippen MR) is 146 cm³/mol. The summed E-state index contributed by atoms with van der Waals surface area (Å²) in [6.07, 6.45) is 19.2. The third-order valence-electron chi connectivity index (χ3n) is 10.7. The Kier molecular flexibility index (Phi) is 7.20. The number of allylic oxidation sites excluding steroid dienone is 3. The zero-order valence-corrected chi connectivity index (χ0v) is 23.1. The molecule has 4 nitrogen and oxygen atoms in total. The minimum absolute atomic E-state index is 0.0104. The molecular weight excluding hydrogens is 444 g/mol. The molecule has 1 aromatic heterocycles. The number of rotatable bonds is 3. The van der Waals surface area contributed by atoms with Crippen molar-refractivity contribution < 1.29 is 9.53 Å². The molecule has 1 saturated heterocycles. The van der Waals surface area contributed by atoms with E-state index >= 15 is 0 Å². The molecule has 4 heteroatoms. The van der Waals surface area contributed by atoms with E-state index in [-0.39, 0.29) is 28.9 Å². The minimum Gasteiger partial charge on any atom is -0.461 e. The fraction of sp³-hybridized carbons (Fsp3) is 0.688. The molecule has 0 amide bonds. The van der Waals surface area contributed by atoms with Gasteiger partial charge in [0, 0.05) is 18.8 Å². The third kappa shape index (κ3) is 4.18. The van der Waals surface area contributed by atoms with Crippen LogP contribution < -0.4 is 0 Å². The lowest BCUT2D eigenvalue weighted by Crippen LogP contribution is -2.50. The zero-order valence-electron chi connectivity index (χ0n) is 23.1. The lowest BCUT2D eigenvalue weighted by atomic mass is 9.47. The van der Waals surface area contributed by atoms with Crippen LogP contribution in [0, 0.1) is 28.6 Å². The van der Waals surface area contributed by atoms with Gasteiger partial charge in [-0.15, -0.1) is 0 Å². The lowest BCUT2D eigenvalue weighted by Gasteiger charge is -2.58. The van der Waals surface area contributed by atoms with E-state index in [9.17, 15) is 4.79 Å². The smallest absolute Gasteiger partial charge is 0.323 e. The Morgan fingerprint density at radius 3 is 2.58 bits per heavy atom. The summed E-state index contributed by atoms with van der Waals surface area (Å²) < 4.78 is 6.09. The maximum Gasteiger partial charge on any atom is 0.323 e. The number of carbonyl (C=O) groups is 1. The fourth-order valence-electron chi connectivity index (χ4n) is 8.72. The highest BCUT2D eigenvalue weighted by Crippen LogP contribution is 2.66. The van der Waals surface area contributed by atoms with Crippen molar-refractivity contribution in [1.82, 2.24) is 9.88 Å². The first kappa shape index (κ1) is 25.7. The van der Waals surface area contributed by atoms with E-state index < -0.39 is 0 Å². The topological polar surface area (TPSA) is 42.4 Å². The molecule has 0 aromatic carbocycles. The van der Waals surface area contributed by atoms with Gasteiger partial charge in [0.05, 0.1) is 0 Å². The van der Waals surface area contributed by atoms with Crippen molar-refractivity contribution in [2.24, 2.45) is 28.6 Å². The molecule has 6 rings (SSSR count). The van der Waals surface area contributed by atoms with Crippen molar-refractivity contribution in [1.29, 1.82) is 0 Å². The molecule has 7 atom stereocenters. The summed E-state index contributed by atoms with van der Waals surface area (Å²) in [5, 5.41) is 0. The molecule has 0 bridgehead atoms. The van der Waals surface area contributed by atoms with Crippen LogP contribution in [-0.2, 0) is 9.53 Å². The van der Waals surface area contributed by atoms with Crippen molar-refractivity contribution >= 4 is 11.5 Å². The predicted octanol–water partition coefficient (Wildman–Crippen LogP) is 7.07. The Bertz CT molecular complexity index is 1020. The monoisotopic (exact) mass is 490 g/mol. The number of carbonyl (C=O) groups excluding carboxylic acids is 1. The number of hydrogen-bond acceptors (Lipinski definition) is 4. The molecule has 0 spiro atoms. The molecule has 196 valence electrons. The molecule has 2 saturated carbocycles. The molecule has 1 aliphatic heterocycles. The van der Waals surface area contributed by atoms with E-state index in [2.05, 4.69) is 61.3 Å². The summed E-state index contributed by atoms with van der Waals surface area (Å²) in [5.41, 5.74) is 4.98. The Morgan fingerprint density at radius 1 is 1.06 bits per heavy atom. The van der Waals surface area contributed by atoms with Gasteiger partial charge in [-0.2, -0.15) is 0 Å². The van der Waals surface area contributed by atoms with E-state index in [1.165, 1.54) is 36.8 Å². The summed E-state index contributed by atoms with van der Waals surface area (Å²) >= 11 is 0. The second-order valence-corrected chi connectivity index (χ2v) is 12.3. The van der Waals surface area contributed by atoms with E-state index in [1.807, 2.05) is 20.0 Å². The molecule has 3 fully saturated rings. The molecule has 0 N–H and O–H groups in total. The lowest BCUT2D eigenvalue weighted by molar-refractivity contribution is -0.156. The first-order chi connectivity index (χ1) is 17.4. The number of aromatic nitrogens is 1. The number of nitrogens with zero attached hydrogens (tertiary/aromatic N) is 2. The normalized spacial score (nSPS) is 39.5. The SMILES string of the molecule is CC.CN1CCCC1C(=O)OC1CCC2(C)C(=CCC3C4CC=C(c5cccnc5)C4(C)CC[C@@H]32)C1. The Labute approximate surface area is 218 Å². The molecule has 4 aliphatic carbocycles. The van der Waals surface area contributed by atoms with Crippen LogP contribution in [0.4, 0.5) is 0 Å². The van der Waals surface area contributed by atoms with Crippen LogP contribution >= 0.6 is 0 Å². The van der Waals surface area contributed by atoms with Gasteiger partial charge < -0.3 is 4.74 Å². The van der Waals surface area contributed by atoms with Crippen LogP contribution in [0.5, 0.6) is 0 Å². The summed E-state index contributed by atoms with van der Waals surface area (Å²) in [7, 11) is 2.05. The van der Waals surface area contributed by atoms with Crippen LogP contribution in [0.3, 0.4) is 0 Å². The molecule has 1 aromatic rings. The highest BCUT2D eigenvalue weighted by atomic mass is 16.5. The standard InChI is InChI=1S/C30H40N2O2.C2H6/c1-29-14-12-22(34-28(33)27-7-5-17-32(27)3)18-21(29)8-9-23-25-11-10-24(20-6-4-16-31-19-20)30(25,2)15-13-26(23)29;1-2/h4,6,8,10,16,19,22-23,25-27H,5,7,9,11-15,17-18H2,1-3H3;1-2H3/t22?,23?,25?,26-,27?,29?,30?;/m0./s1. The van der Waals surface area contributed by atoms with Crippen molar-refractivity contribution in [3.8, 4) is 0 Å². The van der Waals surface area contributed by atoms with Crippen LogP contribution in [0.15, 0.2) is 42.3 Å². The second kappa shape index (κ2) is 10.1. The van der Waals surface area contributed by atoms with Crippen LogP contribution in [0.25, 0.3) is 5.57 Å². The molecule has 36 heavy (non-hydrogen) atoms. The molecular formula is C32H46N2O2. The van der Waals surface area contributed by atoms with Gasteiger partial charge in [-0.05, 0) is 111 Å². The van der Waals surface area contributed by atoms with Crippen LogP contribution in [0.2, 0.25) is 0 Å². The minimum atomic E-state index is -0.0297. The van der Waals surface area contributed by atoms with Crippen molar-refractivity contribution in [2.45, 2.75) is 97.6 Å². The van der Waals surface area contributed by atoms with Gasteiger partial charge in [-0.25, -0.2) is 0 Å². The first-order valence-electron chi connectivity index (χ1n) is 14.6. The second-order valence-electron chi connectivity index (χ2n) is 12.3. The molecule has 5 aliphatic rings. The van der Waals surface area contributed by atoms with Crippen molar-refractivity contribution in [2.75, 3.05) is 13.6 Å². The van der Waals surface area contributed by atoms with Gasteiger partial charge in [0.2, 0.25) is 0 Å². The highest BCUT2D eigenvalue weighted by Gasteiger charge is 2.57. The Morgan fingerprint density at radius 2 is 1.86 bits per heavy atom. The third-order valence-corrected chi connectivity index (χ3v) is 10.7. The fourth-order valence-corrected chi connectivity index (χ4v) is 8.72. The average Bonchev–Trinajstić information content (AvgIpc) is 3.48. The highest BCUT2D eigenvalue weighted by molar-refractivity contribution is 5.76. The molecule has 2 heterocycles.